The van der Waals surface area contributed by atoms with E-state index in [0.29, 0.717) is 27.6 Å². The van der Waals surface area contributed by atoms with E-state index in [-0.39, 0.29) is 11.7 Å². The summed E-state index contributed by atoms with van der Waals surface area (Å²) in [5.41, 5.74) is 7.05. The van der Waals surface area contributed by atoms with E-state index in [9.17, 15) is 4.79 Å². The molecule has 0 fully saturated rings. The summed E-state index contributed by atoms with van der Waals surface area (Å²) in [6.45, 7) is 0.313. The van der Waals surface area contributed by atoms with Crippen molar-refractivity contribution < 1.29 is 9.21 Å². The van der Waals surface area contributed by atoms with E-state index < -0.39 is 0 Å². The van der Waals surface area contributed by atoms with Gasteiger partial charge in [-0.2, -0.15) is 0 Å². The minimum atomic E-state index is -0.118. The molecule has 0 saturated carbocycles. The van der Waals surface area contributed by atoms with Crippen molar-refractivity contribution >= 4 is 34.1 Å². The summed E-state index contributed by atoms with van der Waals surface area (Å²) >= 11 is 2.55. The lowest BCUT2D eigenvalue weighted by Gasteiger charge is -2.00. The van der Waals surface area contributed by atoms with Crippen LogP contribution in [0.3, 0.4) is 0 Å². The summed E-state index contributed by atoms with van der Waals surface area (Å²) in [7, 11) is 0. The lowest BCUT2D eigenvalue weighted by molar-refractivity contribution is -0.118. The number of benzene rings is 1. The summed E-state index contributed by atoms with van der Waals surface area (Å²) in [6.07, 6.45) is 1.54. The number of amides is 1. The molecule has 118 valence electrons. The van der Waals surface area contributed by atoms with Gasteiger partial charge in [0.25, 0.3) is 0 Å². The van der Waals surface area contributed by atoms with Gasteiger partial charge in [0.05, 0.1) is 18.0 Å². The molecule has 3 aromatic rings. The van der Waals surface area contributed by atoms with Gasteiger partial charge in [-0.3, -0.25) is 4.79 Å². The van der Waals surface area contributed by atoms with Crippen LogP contribution in [0, 0.1) is 0 Å². The minimum absolute atomic E-state index is 0.118. The Balaban J connectivity index is 1.48. The smallest absolute Gasteiger partial charge is 0.230 e. The molecule has 0 radical (unpaired) electrons. The van der Waals surface area contributed by atoms with Crippen LogP contribution in [-0.2, 0) is 11.3 Å². The normalized spacial score (nSPS) is 10.6. The van der Waals surface area contributed by atoms with Gasteiger partial charge >= 0.3 is 0 Å². The number of carbonyl (C=O) groups excluding carboxylic acids is 1. The average molecular weight is 347 g/mol. The van der Waals surface area contributed by atoms with E-state index in [1.807, 2.05) is 30.3 Å². The van der Waals surface area contributed by atoms with Crippen LogP contribution >= 0.6 is 23.1 Å². The number of rotatable bonds is 6. The molecule has 0 unspecified atom stereocenters. The first kappa shape index (κ1) is 15.5. The van der Waals surface area contributed by atoms with Gasteiger partial charge in [-0.1, -0.05) is 41.3 Å². The molecule has 0 spiro atoms. The van der Waals surface area contributed by atoms with E-state index in [2.05, 4.69) is 20.5 Å². The fourth-order valence-electron chi connectivity index (χ4n) is 1.75. The molecule has 0 atom stereocenters. The van der Waals surface area contributed by atoms with Gasteiger partial charge in [0.1, 0.15) is 6.26 Å². The lowest BCUT2D eigenvalue weighted by Crippen LogP contribution is -2.24. The number of hydrogen-bond acceptors (Lipinski definition) is 8. The topological polar surface area (TPSA) is 107 Å². The summed E-state index contributed by atoms with van der Waals surface area (Å²) in [6, 6.07) is 9.59. The second-order valence-corrected chi connectivity index (χ2v) is 6.71. The van der Waals surface area contributed by atoms with Crippen molar-refractivity contribution in [3.8, 4) is 11.5 Å². The third-order valence-corrected chi connectivity index (χ3v) is 4.67. The van der Waals surface area contributed by atoms with Crippen LogP contribution in [0.1, 0.15) is 5.69 Å². The molecule has 23 heavy (non-hydrogen) atoms. The molecule has 3 rings (SSSR count). The number of hydrogen-bond donors (Lipinski definition) is 2. The van der Waals surface area contributed by atoms with Crippen LogP contribution in [0.4, 0.5) is 5.13 Å². The Bertz CT molecular complexity index is 787. The molecule has 2 heterocycles. The van der Waals surface area contributed by atoms with E-state index in [0.717, 1.165) is 5.56 Å². The Morgan fingerprint density at radius 2 is 2.13 bits per heavy atom. The highest BCUT2D eigenvalue weighted by Crippen LogP contribution is 2.23. The molecule has 0 aliphatic heterocycles. The molecule has 1 amide bonds. The van der Waals surface area contributed by atoms with E-state index in [4.69, 9.17) is 10.2 Å². The molecule has 3 N–H and O–H groups in total. The number of thioether (sulfide) groups is 1. The molecule has 0 saturated heterocycles. The van der Waals surface area contributed by atoms with Gasteiger partial charge < -0.3 is 15.5 Å². The Morgan fingerprint density at radius 1 is 1.30 bits per heavy atom. The van der Waals surface area contributed by atoms with Crippen LogP contribution in [0.2, 0.25) is 0 Å². The van der Waals surface area contributed by atoms with Crippen molar-refractivity contribution in [2.75, 3.05) is 11.5 Å². The van der Waals surface area contributed by atoms with Gasteiger partial charge in [0.15, 0.2) is 4.34 Å². The van der Waals surface area contributed by atoms with Crippen LogP contribution in [0.15, 0.2) is 45.4 Å². The molecule has 0 aliphatic carbocycles. The Hall–Kier alpha value is -2.39. The van der Waals surface area contributed by atoms with Crippen molar-refractivity contribution in [2.45, 2.75) is 10.9 Å². The lowest BCUT2D eigenvalue weighted by atomic mass is 10.2. The van der Waals surface area contributed by atoms with Gasteiger partial charge in [-0.15, -0.1) is 10.2 Å². The summed E-state index contributed by atoms with van der Waals surface area (Å²) < 4.78 is 6.09. The van der Waals surface area contributed by atoms with E-state index in [1.54, 1.807) is 6.26 Å². The molecule has 7 nitrogen and oxygen atoms in total. The molecule has 2 aromatic heterocycles. The highest BCUT2D eigenvalue weighted by atomic mass is 32.2. The molecular formula is C14H13N5O2S2. The Kier molecular flexibility index (Phi) is 4.89. The van der Waals surface area contributed by atoms with Crippen LogP contribution in [-0.4, -0.2) is 26.8 Å². The van der Waals surface area contributed by atoms with Gasteiger partial charge in [-0.25, -0.2) is 4.98 Å². The van der Waals surface area contributed by atoms with Crippen LogP contribution < -0.4 is 11.1 Å². The number of aromatic nitrogens is 3. The summed E-state index contributed by atoms with van der Waals surface area (Å²) in [5.74, 6) is 0.666. The average Bonchev–Trinajstić information content (AvgIpc) is 3.21. The largest absolute Gasteiger partial charge is 0.444 e. The predicted octanol–water partition coefficient (Wildman–Crippen LogP) is 2.18. The maximum absolute atomic E-state index is 11.8. The van der Waals surface area contributed by atoms with Crippen LogP contribution in [0.25, 0.3) is 11.5 Å². The molecule has 9 heteroatoms. The summed E-state index contributed by atoms with van der Waals surface area (Å²) in [4.78, 5) is 16.2. The molecule has 0 bridgehead atoms. The quantitative estimate of drug-likeness (QED) is 0.658. The Morgan fingerprint density at radius 3 is 2.87 bits per heavy atom. The van der Waals surface area contributed by atoms with Gasteiger partial charge in [-0.05, 0) is 12.1 Å². The third-order valence-electron chi connectivity index (χ3n) is 2.79. The number of oxazole rings is 1. The second kappa shape index (κ2) is 7.25. The SMILES string of the molecule is Nc1nnc(SCC(=O)NCc2coc(-c3ccccc3)n2)s1. The van der Waals surface area contributed by atoms with Crippen molar-refractivity contribution in [1.82, 2.24) is 20.5 Å². The number of nitrogens with one attached hydrogen (secondary N) is 1. The maximum atomic E-state index is 11.8. The number of anilines is 1. The van der Waals surface area contributed by atoms with Crippen molar-refractivity contribution in [2.24, 2.45) is 0 Å². The third kappa shape index (κ3) is 4.30. The summed E-state index contributed by atoms with van der Waals surface area (Å²) in [5, 5.41) is 10.7. The standard InChI is InChI=1S/C14H13N5O2S2/c15-13-18-19-14(23-13)22-8-11(20)16-6-10-7-21-12(17-10)9-4-2-1-3-5-9/h1-5,7H,6,8H2,(H2,15,18)(H,16,20). The number of carbonyl (C=O) groups is 1. The first-order valence-electron chi connectivity index (χ1n) is 6.69. The predicted molar refractivity (Wildman–Crippen MR) is 88.8 cm³/mol. The van der Waals surface area contributed by atoms with Crippen molar-refractivity contribution in [3.63, 3.8) is 0 Å². The minimum Gasteiger partial charge on any atom is -0.444 e. The Labute approximate surface area is 140 Å². The zero-order chi connectivity index (χ0) is 16.1. The van der Waals surface area contributed by atoms with E-state index in [1.165, 1.54) is 23.1 Å². The molecule has 1 aromatic carbocycles. The van der Waals surface area contributed by atoms with Gasteiger partial charge in [0.2, 0.25) is 16.9 Å². The van der Waals surface area contributed by atoms with Crippen LogP contribution in [0.5, 0.6) is 0 Å². The van der Waals surface area contributed by atoms with Crippen molar-refractivity contribution in [1.29, 1.82) is 0 Å². The number of nitrogen functional groups attached to an aromatic ring is 1. The first-order valence-corrected chi connectivity index (χ1v) is 8.49. The number of nitrogens with two attached hydrogens (primary N) is 1. The fourth-order valence-corrected chi connectivity index (χ4v) is 3.21. The zero-order valence-electron chi connectivity index (χ0n) is 11.9. The maximum Gasteiger partial charge on any atom is 0.230 e. The zero-order valence-corrected chi connectivity index (χ0v) is 13.6. The highest BCUT2D eigenvalue weighted by molar-refractivity contribution is 8.01. The van der Waals surface area contributed by atoms with Gasteiger partial charge in [0, 0.05) is 5.56 Å². The number of nitrogens with zero attached hydrogens (tertiary/aromatic N) is 3. The van der Waals surface area contributed by atoms with E-state index >= 15 is 0 Å². The monoisotopic (exact) mass is 347 g/mol. The molecule has 0 aliphatic rings. The second-order valence-electron chi connectivity index (χ2n) is 4.48. The first-order chi connectivity index (χ1) is 11.2. The van der Waals surface area contributed by atoms with Crippen molar-refractivity contribution in [3.05, 3.63) is 42.3 Å². The molecular weight excluding hydrogens is 334 g/mol. The highest BCUT2D eigenvalue weighted by Gasteiger charge is 2.09. The fraction of sp³-hybridized carbons (Fsp3) is 0.143.